The SMILES string of the molecule is COc1ccc(C2C(S(=O)(=O)c3ccc(Cl)cc3)=C(O)C(=O)N2Cc2ccc(C)cc2)cc1. The average Bonchev–Trinajstić information content (AvgIpc) is 3.06. The number of carbonyl (C=O) groups excluding carboxylic acids is 1. The summed E-state index contributed by atoms with van der Waals surface area (Å²) in [5.74, 6) is -0.940. The molecule has 3 aromatic carbocycles. The smallest absolute Gasteiger partial charge is 0.290 e. The molecule has 3 aromatic rings. The molecule has 0 radical (unpaired) electrons. The van der Waals surface area contributed by atoms with Crippen molar-refractivity contribution in [1.29, 1.82) is 0 Å². The Hall–Kier alpha value is -3.29. The van der Waals surface area contributed by atoms with Crippen LogP contribution in [0.3, 0.4) is 0 Å². The van der Waals surface area contributed by atoms with Crippen LogP contribution in [0.2, 0.25) is 5.02 Å². The van der Waals surface area contributed by atoms with Gasteiger partial charge in [0.2, 0.25) is 9.84 Å². The van der Waals surface area contributed by atoms with Gasteiger partial charge in [0.15, 0.2) is 5.76 Å². The summed E-state index contributed by atoms with van der Waals surface area (Å²) in [6, 6.07) is 18.9. The summed E-state index contributed by atoms with van der Waals surface area (Å²) < 4.78 is 32.4. The lowest BCUT2D eigenvalue weighted by Gasteiger charge is -2.27. The molecule has 4 rings (SSSR count). The fourth-order valence-electron chi connectivity index (χ4n) is 3.82. The van der Waals surface area contributed by atoms with E-state index in [4.69, 9.17) is 16.3 Å². The van der Waals surface area contributed by atoms with Crippen molar-refractivity contribution in [2.75, 3.05) is 7.11 Å². The molecule has 0 aromatic heterocycles. The van der Waals surface area contributed by atoms with Gasteiger partial charge >= 0.3 is 0 Å². The number of halogens is 1. The number of methoxy groups -OCH3 is 1. The Morgan fingerprint density at radius 1 is 0.970 bits per heavy atom. The van der Waals surface area contributed by atoms with Crippen LogP contribution >= 0.6 is 11.6 Å². The number of hydrogen-bond acceptors (Lipinski definition) is 5. The molecule has 0 aliphatic carbocycles. The quantitative estimate of drug-likeness (QED) is 0.534. The third-order valence-electron chi connectivity index (χ3n) is 5.58. The van der Waals surface area contributed by atoms with E-state index in [0.29, 0.717) is 16.3 Å². The molecule has 1 aliphatic heterocycles. The molecule has 1 N–H and O–H groups in total. The maximum atomic E-state index is 13.6. The van der Waals surface area contributed by atoms with Crippen LogP contribution in [0.15, 0.2) is 88.4 Å². The summed E-state index contributed by atoms with van der Waals surface area (Å²) in [6.45, 7) is 2.08. The molecular formula is C25H22ClNO5S. The Kier molecular flexibility index (Phi) is 6.19. The van der Waals surface area contributed by atoms with Gasteiger partial charge in [0.25, 0.3) is 5.91 Å². The second kappa shape index (κ2) is 8.92. The van der Waals surface area contributed by atoms with Crippen LogP contribution in [-0.2, 0) is 21.2 Å². The monoisotopic (exact) mass is 483 g/mol. The van der Waals surface area contributed by atoms with E-state index in [0.717, 1.165) is 11.1 Å². The van der Waals surface area contributed by atoms with E-state index in [-0.39, 0.29) is 16.3 Å². The van der Waals surface area contributed by atoms with E-state index in [1.54, 1.807) is 24.3 Å². The lowest BCUT2D eigenvalue weighted by Crippen LogP contribution is -2.30. The van der Waals surface area contributed by atoms with Gasteiger partial charge < -0.3 is 14.7 Å². The molecule has 0 saturated carbocycles. The highest BCUT2D eigenvalue weighted by molar-refractivity contribution is 7.95. The van der Waals surface area contributed by atoms with Crippen molar-refractivity contribution in [3.63, 3.8) is 0 Å². The molecule has 6 nitrogen and oxygen atoms in total. The molecule has 1 unspecified atom stereocenters. The van der Waals surface area contributed by atoms with Crippen molar-refractivity contribution in [2.45, 2.75) is 24.4 Å². The number of nitrogens with zero attached hydrogens (tertiary/aromatic N) is 1. The normalized spacial score (nSPS) is 16.4. The molecule has 0 spiro atoms. The standard InChI is InChI=1S/C25H22ClNO5S/c1-16-3-5-17(6-4-16)15-27-22(18-7-11-20(32-2)12-8-18)24(23(28)25(27)29)33(30,31)21-13-9-19(26)10-14-21/h3-14,22,28H,15H2,1-2H3. The molecule has 1 atom stereocenters. The maximum absolute atomic E-state index is 13.6. The predicted octanol–water partition coefficient (Wildman–Crippen LogP) is 4.98. The molecule has 0 bridgehead atoms. The van der Waals surface area contributed by atoms with Crippen LogP contribution in [0.1, 0.15) is 22.7 Å². The van der Waals surface area contributed by atoms with Crippen LogP contribution in [-0.4, -0.2) is 31.4 Å². The third-order valence-corrected chi connectivity index (χ3v) is 7.72. The highest BCUT2D eigenvalue weighted by Crippen LogP contribution is 2.43. The number of aryl methyl sites for hydroxylation is 1. The number of amides is 1. The van der Waals surface area contributed by atoms with Gasteiger partial charge in [-0.2, -0.15) is 0 Å². The lowest BCUT2D eigenvalue weighted by atomic mass is 10.1. The number of carbonyl (C=O) groups is 1. The van der Waals surface area contributed by atoms with E-state index in [9.17, 15) is 18.3 Å². The van der Waals surface area contributed by atoms with Crippen LogP contribution in [0, 0.1) is 6.92 Å². The van der Waals surface area contributed by atoms with E-state index >= 15 is 0 Å². The summed E-state index contributed by atoms with van der Waals surface area (Å²) in [7, 11) is -2.68. The summed E-state index contributed by atoms with van der Waals surface area (Å²) in [5.41, 5.74) is 2.41. The van der Waals surface area contributed by atoms with Gasteiger partial charge in [0.05, 0.1) is 18.0 Å². The summed E-state index contributed by atoms with van der Waals surface area (Å²) in [6.07, 6.45) is 0. The first-order valence-electron chi connectivity index (χ1n) is 10.2. The molecule has 0 saturated heterocycles. The number of sulfone groups is 1. The Labute approximate surface area is 197 Å². The van der Waals surface area contributed by atoms with Gasteiger partial charge in [-0.05, 0) is 54.4 Å². The van der Waals surface area contributed by atoms with Gasteiger partial charge in [-0.25, -0.2) is 8.42 Å². The first kappa shape index (κ1) is 22.9. The van der Waals surface area contributed by atoms with E-state index in [2.05, 4.69) is 0 Å². The number of ether oxygens (including phenoxy) is 1. The lowest BCUT2D eigenvalue weighted by molar-refractivity contribution is -0.130. The zero-order valence-electron chi connectivity index (χ0n) is 18.0. The minimum atomic E-state index is -4.21. The minimum absolute atomic E-state index is 0.0584. The Morgan fingerprint density at radius 2 is 1.58 bits per heavy atom. The largest absolute Gasteiger partial charge is 0.502 e. The second-order valence-electron chi connectivity index (χ2n) is 7.76. The number of benzene rings is 3. The van der Waals surface area contributed by atoms with Crippen LogP contribution in [0.25, 0.3) is 0 Å². The van der Waals surface area contributed by atoms with E-state index in [1.807, 2.05) is 31.2 Å². The Morgan fingerprint density at radius 3 is 2.15 bits per heavy atom. The van der Waals surface area contributed by atoms with Crippen molar-refractivity contribution in [3.8, 4) is 5.75 Å². The summed E-state index contributed by atoms with van der Waals surface area (Å²) >= 11 is 5.92. The van der Waals surface area contributed by atoms with Gasteiger partial charge in [-0.1, -0.05) is 53.6 Å². The van der Waals surface area contributed by atoms with Gasteiger partial charge in [-0.3, -0.25) is 4.79 Å². The second-order valence-corrected chi connectivity index (χ2v) is 10.1. The van der Waals surface area contributed by atoms with Crippen molar-refractivity contribution < 1.29 is 23.1 Å². The molecule has 170 valence electrons. The number of aliphatic hydroxyl groups excluding tert-OH is 1. The zero-order chi connectivity index (χ0) is 23.8. The molecule has 1 amide bonds. The Bertz CT molecular complexity index is 1310. The number of rotatable bonds is 6. The van der Waals surface area contributed by atoms with Crippen LogP contribution < -0.4 is 4.74 Å². The molecule has 0 fully saturated rings. The Balaban J connectivity index is 1.84. The van der Waals surface area contributed by atoms with Crippen molar-refractivity contribution in [2.24, 2.45) is 0 Å². The average molecular weight is 484 g/mol. The van der Waals surface area contributed by atoms with Crippen LogP contribution in [0.5, 0.6) is 5.75 Å². The molecule has 1 heterocycles. The third kappa shape index (κ3) is 4.34. The van der Waals surface area contributed by atoms with Crippen molar-refractivity contribution in [3.05, 3.63) is 105 Å². The molecule has 8 heteroatoms. The highest BCUT2D eigenvalue weighted by Gasteiger charge is 2.46. The van der Waals surface area contributed by atoms with Crippen molar-refractivity contribution >= 4 is 27.3 Å². The number of hydrogen-bond donors (Lipinski definition) is 1. The zero-order valence-corrected chi connectivity index (χ0v) is 19.6. The van der Waals surface area contributed by atoms with Crippen LogP contribution in [0.4, 0.5) is 0 Å². The molecule has 1 aliphatic rings. The maximum Gasteiger partial charge on any atom is 0.290 e. The first-order valence-corrected chi connectivity index (χ1v) is 12.0. The predicted molar refractivity (Wildman–Crippen MR) is 126 cm³/mol. The summed E-state index contributed by atoms with van der Waals surface area (Å²) in [4.78, 5) is 14.1. The topological polar surface area (TPSA) is 83.9 Å². The molecular weight excluding hydrogens is 462 g/mol. The fraction of sp³-hybridized carbons (Fsp3) is 0.160. The summed E-state index contributed by atoms with van der Waals surface area (Å²) in [5, 5.41) is 11.2. The van der Waals surface area contributed by atoms with Crippen molar-refractivity contribution in [1.82, 2.24) is 4.90 Å². The minimum Gasteiger partial charge on any atom is -0.502 e. The molecule has 33 heavy (non-hydrogen) atoms. The highest BCUT2D eigenvalue weighted by atomic mass is 35.5. The van der Waals surface area contributed by atoms with E-state index in [1.165, 1.54) is 36.3 Å². The fourth-order valence-corrected chi connectivity index (χ4v) is 5.59. The van der Waals surface area contributed by atoms with Gasteiger partial charge in [0, 0.05) is 11.6 Å². The first-order chi connectivity index (χ1) is 15.7. The van der Waals surface area contributed by atoms with Gasteiger partial charge in [0.1, 0.15) is 10.7 Å². The van der Waals surface area contributed by atoms with Gasteiger partial charge in [-0.15, -0.1) is 0 Å². The number of aliphatic hydroxyl groups is 1. The van der Waals surface area contributed by atoms with E-state index < -0.39 is 27.5 Å².